The number of rotatable bonds is 5. The van der Waals surface area contributed by atoms with Gasteiger partial charge in [-0.05, 0) is 30.2 Å². The van der Waals surface area contributed by atoms with E-state index in [1.54, 1.807) is 24.3 Å². The third-order valence-electron chi connectivity index (χ3n) is 3.06. The quantitative estimate of drug-likeness (QED) is 0.846. The van der Waals surface area contributed by atoms with Crippen molar-refractivity contribution < 1.29 is 14.3 Å². The highest BCUT2D eigenvalue weighted by Crippen LogP contribution is 2.13. The van der Waals surface area contributed by atoms with Crippen LogP contribution in [0.2, 0.25) is 0 Å². The number of hydrogen-bond donors (Lipinski definition) is 1. The zero-order chi connectivity index (χ0) is 14.4. The summed E-state index contributed by atoms with van der Waals surface area (Å²) in [6.07, 6.45) is 0.778. The van der Waals surface area contributed by atoms with Crippen molar-refractivity contribution in [3.05, 3.63) is 34.3 Å². The first-order valence-electron chi connectivity index (χ1n) is 6.13. The number of carbonyl (C=O) groups is 2. The van der Waals surface area contributed by atoms with Crippen molar-refractivity contribution in [3.8, 4) is 0 Å². The van der Waals surface area contributed by atoms with E-state index in [4.69, 9.17) is 4.74 Å². The molecule has 1 amide bonds. The molecule has 0 spiro atoms. The molecule has 1 aromatic rings. The standard InChI is InChI=1S/C14H18BrNO3/c1-4-9(2)12(14(18)19-3)16-13(17)10-5-7-11(15)8-6-10/h5-9,12H,4H2,1-3H3,(H,16,17)/t9-,12-/m1/s1. The predicted octanol–water partition coefficient (Wildman–Crippen LogP) is 2.77. The Kier molecular flexibility index (Phi) is 6.02. The molecule has 0 fully saturated rings. The second-order valence-corrected chi connectivity index (χ2v) is 5.28. The van der Waals surface area contributed by atoms with Gasteiger partial charge in [0.25, 0.3) is 5.91 Å². The third-order valence-corrected chi connectivity index (χ3v) is 3.59. The number of hydrogen-bond acceptors (Lipinski definition) is 3. The van der Waals surface area contributed by atoms with Gasteiger partial charge in [0.2, 0.25) is 0 Å². The molecule has 5 heteroatoms. The number of methoxy groups -OCH3 is 1. The molecule has 0 aromatic heterocycles. The smallest absolute Gasteiger partial charge is 0.328 e. The van der Waals surface area contributed by atoms with Crippen molar-refractivity contribution in [3.63, 3.8) is 0 Å². The van der Waals surface area contributed by atoms with Crippen molar-refractivity contribution in [2.45, 2.75) is 26.3 Å². The van der Waals surface area contributed by atoms with E-state index >= 15 is 0 Å². The molecule has 0 aliphatic rings. The minimum Gasteiger partial charge on any atom is -0.467 e. The maximum absolute atomic E-state index is 12.1. The van der Waals surface area contributed by atoms with Gasteiger partial charge in [0, 0.05) is 10.0 Å². The van der Waals surface area contributed by atoms with Gasteiger partial charge < -0.3 is 10.1 Å². The number of nitrogens with one attached hydrogen (secondary N) is 1. The molecule has 19 heavy (non-hydrogen) atoms. The van der Waals surface area contributed by atoms with Crippen LogP contribution in [0, 0.1) is 5.92 Å². The minimum atomic E-state index is -0.619. The normalized spacial score (nSPS) is 13.5. The lowest BCUT2D eigenvalue weighted by Gasteiger charge is -2.21. The maximum atomic E-state index is 12.1. The van der Waals surface area contributed by atoms with Crippen LogP contribution in [0.3, 0.4) is 0 Å². The number of amides is 1. The van der Waals surface area contributed by atoms with Crippen molar-refractivity contribution in [2.75, 3.05) is 7.11 Å². The van der Waals surface area contributed by atoms with Crippen LogP contribution < -0.4 is 5.32 Å². The lowest BCUT2D eigenvalue weighted by molar-refractivity contribution is -0.144. The monoisotopic (exact) mass is 327 g/mol. The Morgan fingerprint density at radius 3 is 2.37 bits per heavy atom. The van der Waals surface area contributed by atoms with Gasteiger partial charge in [-0.15, -0.1) is 0 Å². The summed E-state index contributed by atoms with van der Waals surface area (Å²) in [7, 11) is 1.32. The molecule has 0 aliphatic heterocycles. The SMILES string of the molecule is CC[C@@H](C)[C@@H](NC(=O)c1ccc(Br)cc1)C(=O)OC. The van der Waals surface area contributed by atoms with Gasteiger partial charge in [0.05, 0.1) is 7.11 Å². The van der Waals surface area contributed by atoms with E-state index in [9.17, 15) is 9.59 Å². The zero-order valence-electron chi connectivity index (χ0n) is 11.3. The van der Waals surface area contributed by atoms with Gasteiger partial charge in [-0.1, -0.05) is 36.2 Å². The zero-order valence-corrected chi connectivity index (χ0v) is 12.9. The van der Waals surface area contributed by atoms with Gasteiger partial charge in [-0.25, -0.2) is 4.79 Å². The van der Waals surface area contributed by atoms with E-state index in [1.807, 2.05) is 13.8 Å². The van der Waals surface area contributed by atoms with E-state index in [0.717, 1.165) is 10.9 Å². The molecule has 0 unspecified atom stereocenters. The first-order chi connectivity index (χ1) is 8.99. The van der Waals surface area contributed by atoms with Crippen molar-refractivity contribution in [2.24, 2.45) is 5.92 Å². The lowest BCUT2D eigenvalue weighted by Crippen LogP contribution is -2.45. The number of carbonyl (C=O) groups excluding carboxylic acids is 2. The fraction of sp³-hybridized carbons (Fsp3) is 0.429. The van der Waals surface area contributed by atoms with E-state index in [-0.39, 0.29) is 11.8 Å². The molecule has 0 heterocycles. The van der Waals surface area contributed by atoms with Gasteiger partial charge in [-0.3, -0.25) is 4.79 Å². The van der Waals surface area contributed by atoms with Crippen molar-refractivity contribution in [1.29, 1.82) is 0 Å². The van der Waals surface area contributed by atoms with E-state index in [1.165, 1.54) is 7.11 Å². The molecule has 0 saturated heterocycles. The maximum Gasteiger partial charge on any atom is 0.328 e. The number of halogens is 1. The number of benzene rings is 1. The summed E-state index contributed by atoms with van der Waals surface area (Å²) in [5.74, 6) is -0.671. The third kappa shape index (κ3) is 4.35. The summed E-state index contributed by atoms with van der Waals surface area (Å²) in [5, 5.41) is 2.73. The van der Waals surface area contributed by atoms with Crippen LogP contribution in [0.1, 0.15) is 30.6 Å². The molecule has 1 rings (SSSR count). The van der Waals surface area contributed by atoms with Crippen LogP contribution in [0.4, 0.5) is 0 Å². The Hall–Kier alpha value is -1.36. The van der Waals surface area contributed by atoms with Gasteiger partial charge in [0.1, 0.15) is 6.04 Å². The Morgan fingerprint density at radius 1 is 1.32 bits per heavy atom. The molecule has 1 aromatic carbocycles. The lowest BCUT2D eigenvalue weighted by atomic mass is 9.99. The second kappa shape index (κ2) is 7.28. The first-order valence-corrected chi connectivity index (χ1v) is 6.93. The molecule has 2 atom stereocenters. The van der Waals surface area contributed by atoms with Crippen molar-refractivity contribution >= 4 is 27.8 Å². The molecule has 4 nitrogen and oxygen atoms in total. The van der Waals surface area contributed by atoms with Crippen molar-refractivity contribution in [1.82, 2.24) is 5.32 Å². The number of ether oxygens (including phenoxy) is 1. The molecular formula is C14H18BrNO3. The average molecular weight is 328 g/mol. The number of esters is 1. The topological polar surface area (TPSA) is 55.4 Å². The fourth-order valence-electron chi connectivity index (χ4n) is 1.62. The van der Waals surface area contributed by atoms with Crippen LogP contribution in [0.5, 0.6) is 0 Å². The van der Waals surface area contributed by atoms with Gasteiger partial charge in [-0.2, -0.15) is 0 Å². The molecule has 0 bridgehead atoms. The van der Waals surface area contributed by atoms with E-state index in [2.05, 4.69) is 21.2 Å². The molecule has 0 saturated carbocycles. The van der Waals surface area contributed by atoms with Crippen LogP contribution in [0.25, 0.3) is 0 Å². The highest BCUT2D eigenvalue weighted by atomic mass is 79.9. The largest absolute Gasteiger partial charge is 0.467 e. The molecular weight excluding hydrogens is 310 g/mol. The van der Waals surface area contributed by atoms with Gasteiger partial charge in [0.15, 0.2) is 0 Å². The molecule has 104 valence electrons. The highest BCUT2D eigenvalue weighted by Gasteiger charge is 2.26. The van der Waals surface area contributed by atoms with E-state index in [0.29, 0.717) is 5.56 Å². The molecule has 0 radical (unpaired) electrons. The van der Waals surface area contributed by atoms with E-state index < -0.39 is 12.0 Å². The summed E-state index contributed by atoms with van der Waals surface area (Å²) in [6.45, 7) is 3.87. The Balaban J connectivity index is 2.81. The summed E-state index contributed by atoms with van der Waals surface area (Å²) in [5.41, 5.74) is 0.514. The Labute approximate surface area is 121 Å². The fourth-order valence-corrected chi connectivity index (χ4v) is 1.89. The Morgan fingerprint density at radius 2 is 1.89 bits per heavy atom. The first kappa shape index (κ1) is 15.7. The summed E-state index contributed by atoms with van der Waals surface area (Å²) < 4.78 is 5.63. The average Bonchev–Trinajstić information content (AvgIpc) is 2.43. The summed E-state index contributed by atoms with van der Waals surface area (Å²) >= 11 is 3.31. The van der Waals surface area contributed by atoms with Crippen LogP contribution >= 0.6 is 15.9 Å². The Bertz CT molecular complexity index is 445. The van der Waals surface area contributed by atoms with Crippen LogP contribution in [0.15, 0.2) is 28.7 Å². The predicted molar refractivity (Wildman–Crippen MR) is 76.9 cm³/mol. The molecule has 1 N–H and O–H groups in total. The summed E-state index contributed by atoms with van der Waals surface area (Å²) in [4.78, 5) is 23.8. The highest BCUT2D eigenvalue weighted by molar-refractivity contribution is 9.10. The van der Waals surface area contributed by atoms with Gasteiger partial charge >= 0.3 is 5.97 Å². The minimum absolute atomic E-state index is 0.0202. The van der Waals surface area contributed by atoms with Crippen LogP contribution in [-0.2, 0) is 9.53 Å². The second-order valence-electron chi connectivity index (χ2n) is 4.37. The summed E-state index contributed by atoms with van der Waals surface area (Å²) in [6, 6.07) is 6.34. The van der Waals surface area contributed by atoms with Crippen LogP contribution in [-0.4, -0.2) is 25.0 Å². The molecule has 0 aliphatic carbocycles.